The molecule has 0 aromatic heterocycles. The number of benzene rings is 1. The minimum atomic E-state index is 0.559. The van der Waals surface area contributed by atoms with Crippen LogP contribution in [0.4, 0.5) is 0 Å². The van der Waals surface area contributed by atoms with Gasteiger partial charge in [0.15, 0.2) is 0 Å². The number of hydrogen-bond donors (Lipinski definition) is 1. The molecule has 1 N–H and O–H groups in total. The van der Waals surface area contributed by atoms with Crippen LogP contribution in [0.1, 0.15) is 57.4 Å². The van der Waals surface area contributed by atoms with E-state index in [9.17, 15) is 0 Å². The molecule has 1 aliphatic heterocycles. The SMILES string of the molecule is CC1(C)CCC(NCC2CCOc3ccccc32)CC1. The van der Waals surface area contributed by atoms with Gasteiger partial charge in [0.2, 0.25) is 0 Å². The van der Waals surface area contributed by atoms with Crippen molar-refractivity contribution in [3.63, 3.8) is 0 Å². The van der Waals surface area contributed by atoms with E-state index in [0.717, 1.165) is 31.4 Å². The molecule has 1 aromatic carbocycles. The van der Waals surface area contributed by atoms with E-state index in [4.69, 9.17) is 4.74 Å². The van der Waals surface area contributed by atoms with Gasteiger partial charge in [-0.1, -0.05) is 32.0 Å². The van der Waals surface area contributed by atoms with Gasteiger partial charge in [-0.05, 0) is 49.1 Å². The highest BCUT2D eigenvalue weighted by atomic mass is 16.5. The van der Waals surface area contributed by atoms with Crippen LogP contribution in [0, 0.1) is 5.41 Å². The van der Waals surface area contributed by atoms with Crippen LogP contribution < -0.4 is 10.1 Å². The van der Waals surface area contributed by atoms with Crippen LogP contribution >= 0.6 is 0 Å². The number of nitrogens with one attached hydrogen (secondary N) is 1. The van der Waals surface area contributed by atoms with Gasteiger partial charge in [-0.25, -0.2) is 0 Å². The Morgan fingerprint density at radius 1 is 1.15 bits per heavy atom. The Kier molecular flexibility index (Phi) is 4.02. The molecule has 2 aliphatic rings. The smallest absolute Gasteiger partial charge is 0.122 e. The predicted molar refractivity (Wildman–Crippen MR) is 83.3 cm³/mol. The molecule has 0 spiro atoms. The van der Waals surface area contributed by atoms with Crippen LogP contribution in [0.15, 0.2) is 24.3 Å². The molecule has 0 bridgehead atoms. The number of rotatable bonds is 3. The molecule has 1 fully saturated rings. The van der Waals surface area contributed by atoms with Gasteiger partial charge in [-0.2, -0.15) is 0 Å². The zero-order valence-corrected chi connectivity index (χ0v) is 12.8. The molecule has 3 rings (SSSR count). The first kappa shape index (κ1) is 13.9. The lowest BCUT2D eigenvalue weighted by atomic mass is 9.75. The monoisotopic (exact) mass is 273 g/mol. The molecule has 1 heterocycles. The van der Waals surface area contributed by atoms with Gasteiger partial charge in [0, 0.05) is 18.5 Å². The van der Waals surface area contributed by atoms with Crippen LogP contribution in [0.3, 0.4) is 0 Å². The second-order valence-corrected chi connectivity index (χ2v) is 7.22. The average molecular weight is 273 g/mol. The lowest BCUT2D eigenvalue weighted by Gasteiger charge is -2.36. The maximum Gasteiger partial charge on any atom is 0.122 e. The molecule has 0 amide bonds. The topological polar surface area (TPSA) is 21.3 Å². The molecule has 0 saturated heterocycles. The summed E-state index contributed by atoms with van der Waals surface area (Å²) in [6.45, 7) is 6.77. The summed E-state index contributed by atoms with van der Waals surface area (Å²) in [6.07, 6.45) is 6.52. The van der Waals surface area contributed by atoms with E-state index in [1.165, 1.54) is 31.2 Å². The van der Waals surface area contributed by atoms with E-state index >= 15 is 0 Å². The van der Waals surface area contributed by atoms with Crippen molar-refractivity contribution in [3.05, 3.63) is 29.8 Å². The Bertz CT molecular complexity index is 444. The van der Waals surface area contributed by atoms with Crippen molar-refractivity contribution in [1.82, 2.24) is 5.32 Å². The zero-order chi connectivity index (χ0) is 14.0. The summed E-state index contributed by atoms with van der Waals surface area (Å²) in [5.74, 6) is 1.71. The van der Waals surface area contributed by atoms with Gasteiger partial charge in [0.25, 0.3) is 0 Å². The number of para-hydroxylation sites is 1. The third-order valence-corrected chi connectivity index (χ3v) is 5.07. The van der Waals surface area contributed by atoms with Crippen LogP contribution in [-0.4, -0.2) is 19.2 Å². The van der Waals surface area contributed by atoms with Crippen molar-refractivity contribution in [1.29, 1.82) is 0 Å². The maximum atomic E-state index is 5.75. The van der Waals surface area contributed by atoms with Gasteiger partial charge in [0.1, 0.15) is 5.75 Å². The molecule has 2 heteroatoms. The minimum Gasteiger partial charge on any atom is -0.493 e. The largest absolute Gasteiger partial charge is 0.493 e. The van der Waals surface area contributed by atoms with Gasteiger partial charge >= 0.3 is 0 Å². The lowest BCUT2D eigenvalue weighted by Crippen LogP contribution is -2.38. The maximum absolute atomic E-state index is 5.75. The summed E-state index contributed by atoms with van der Waals surface area (Å²) < 4.78 is 5.75. The fourth-order valence-electron chi connectivity index (χ4n) is 3.54. The van der Waals surface area contributed by atoms with Crippen LogP contribution in [0.5, 0.6) is 5.75 Å². The van der Waals surface area contributed by atoms with Gasteiger partial charge < -0.3 is 10.1 Å². The van der Waals surface area contributed by atoms with E-state index in [-0.39, 0.29) is 0 Å². The zero-order valence-electron chi connectivity index (χ0n) is 12.8. The Morgan fingerprint density at radius 3 is 2.70 bits per heavy atom. The summed E-state index contributed by atoms with van der Waals surface area (Å²) in [6, 6.07) is 9.25. The van der Waals surface area contributed by atoms with Crippen molar-refractivity contribution in [3.8, 4) is 5.75 Å². The van der Waals surface area contributed by atoms with Crippen LogP contribution in [0.25, 0.3) is 0 Å². The molecule has 1 aromatic rings. The molecular formula is C18H27NO. The molecule has 20 heavy (non-hydrogen) atoms. The molecule has 1 saturated carbocycles. The van der Waals surface area contributed by atoms with E-state index < -0.39 is 0 Å². The van der Waals surface area contributed by atoms with Crippen molar-refractivity contribution >= 4 is 0 Å². The Labute approximate surface area is 122 Å². The normalized spacial score (nSPS) is 25.8. The van der Waals surface area contributed by atoms with E-state index in [1.807, 2.05) is 0 Å². The summed E-state index contributed by atoms with van der Waals surface area (Å²) in [5.41, 5.74) is 1.95. The predicted octanol–water partition coefficient (Wildman–Crippen LogP) is 4.11. The number of ether oxygens (including phenoxy) is 1. The molecule has 1 atom stereocenters. The minimum absolute atomic E-state index is 0.559. The fraction of sp³-hybridized carbons (Fsp3) is 0.667. The van der Waals surface area contributed by atoms with Crippen LogP contribution in [-0.2, 0) is 0 Å². The first-order valence-electron chi connectivity index (χ1n) is 8.09. The van der Waals surface area contributed by atoms with Crippen molar-refractivity contribution in [2.45, 2.75) is 57.9 Å². The Morgan fingerprint density at radius 2 is 1.90 bits per heavy atom. The van der Waals surface area contributed by atoms with Gasteiger partial charge in [0.05, 0.1) is 6.61 Å². The molecular weight excluding hydrogens is 246 g/mol. The van der Waals surface area contributed by atoms with Crippen molar-refractivity contribution in [2.24, 2.45) is 5.41 Å². The van der Waals surface area contributed by atoms with Crippen molar-refractivity contribution < 1.29 is 4.74 Å². The first-order valence-corrected chi connectivity index (χ1v) is 8.09. The summed E-state index contributed by atoms with van der Waals surface area (Å²) >= 11 is 0. The van der Waals surface area contributed by atoms with Crippen molar-refractivity contribution in [2.75, 3.05) is 13.2 Å². The number of fused-ring (bicyclic) bond motifs is 1. The Balaban J connectivity index is 1.55. The van der Waals surface area contributed by atoms with E-state index in [0.29, 0.717) is 11.3 Å². The molecule has 2 nitrogen and oxygen atoms in total. The van der Waals surface area contributed by atoms with Gasteiger partial charge in [-0.3, -0.25) is 0 Å². The molecule has 1 unspecified atom stereocenters. The summed E-state index contributed by atoms with van der Waals surface area (Å²) in [4.78, 5) is 0. The fourth-order valence-corrected chi connectivity index (χ4v) is 3.54. The quantitative estimate of drug-likeness (QED) is 0.895. The third kappa shape index (κ3) is 3.17. The standard InChI is InChI=1S/C18H27NO/c1-18(2)10-7-15(8-11-18)19-13-14-9-12-20-17-6-4-3-5-16(14)17/h3-6,14-15,19H,7-13H2,1-2H3. The number of hydrogen-bond acceptors (Lipinski definition) is 2. The highest BCUT2D eigenvalue weighted by Gasteiger charge is 2.28. The lowest BCUT2D eigenvalue weighted by molar-refractivity contribution is 0.201. The average Bonchev–Trinajstić information content (AvgIpc) is 2.46. The Hall–Kier alpha value is -1.02. The first-order chi connectivity index (χ1) is 9.64. The second-order valence-electron chi connectivity index (χ2n) is 7.22. The molecule has 0 radical (unpaired) electrons. The van der Waals surface area contributed by atoms with E-state index in [1.54, 1.807) is 0 Å². The highest BCUT2D eigenvalue weighted by molar-refractivity contribution is 5.37. The third-order valence-electron chi connectivity index (χ3n) is 5.07. The van der Waals surface area contributed by atoms with Crippen LogP contribution in [0.2, 0.25) is 0 Å². The summed E-state index contributed by atoms with van der Waals surface area (Å²) in [5, 5.41) is 3.81. The van der Waals surface area contributed by atoms with E-state index in [2.05, 4.69) is 43.4 Å². The highest BCUT2D eigenvalue weighted by Crippen LogP contribution is 2.36. The van der Waals surface area contributed by atoms with Gasteiger partial charge in [-0.15, -0.1) is 0 Å². The molecule has 110 valence electrons. The summed E-state index contributed by atoms with van der Waals surface area (Å²) in [7, 11) is 0. The molecule has 1 aliphatic carbocycles. The second kappa shape index (κ2) is 5.77.